The average molecular weight is 273 g/mol. The number of nitrogens with zero attached hydrogens (tertiary/aromatic N) is 2. The minimum absolute atomic E-state index is 0.0823. The van der Waals surface area contributed by atoms with Crippen LogP contribution in [0.15, 0.2) is 22.6 Å². The number of nitrogen functional groups attached to an aromatic ring is 1. The maximum Gasteiger partial charge on any atom is 0.229 e. The summed E-state index contributed by atoms with van der Waals surface area (Å²) >= 11 is 0. The van der Waals surface area contributed by atoms with Gasteiger partial charge in [-0.05, 0) is 24.1 Å². The molecule has 2 heterocycles. The van der Waals surface area contributed by atoms with Gasteiger partial charge in [-0.2, -0.15) is 0 Å². The summed E-state index contributed by atoms with van der Waals surface area (Å²) in [5.74, 6) is 0.113. The minimum Gasteiger partial charge on any atom is -0.439 e. The Bertz CT molecular complexity index is 674. The molecule has 2 N–H and O–H groups in total. The second kappa shape index (κ2) is 4.63. The topological polar surface area (TPSA) is 89.4 Å². The molecule has 6 nitrogen and oxygen atoms in total. The molecule has 0 atom stereocenters. The van der Waals surface area contributed by atoms with Gasteiger partial charge < -0.3 is 10.2 Å². The molecule has 1 aliphatic heterocycles. The number of benzene rings is 1. The Morgan fingerprint density at radius 3 is 2.75 bits per heavy atom. The molecule has 1 aliphatic rings. The molecule has 0 unspecified atom stereocenters. The molecule has 0 bridgehead atoms. The standard InChI is InChI=1S/C14H15N3O3/c1-8-4-13(18)17(14(19)5-8)7-12-16-10-6-9(15)2-3-11(10)20-12/h2-3,6,8H,4-5,7,15H2,1H3. The Labute approximate surface area is 115 Å². The second-order valence-electron chi connectivity index (χ2n) is 5.22. The van der Waals surface area contributed by atoms with Crippen LogP contribution in [-0.2, 0) is 16.1 Å². The van der Waals surface area contributed by atoms with E-state index in [0.717, 1.165) is 0 Å². The smallest absolute Gasteiger partial charge is 0.229 e. The van der Waals surface area contributed by atoms with Crippen molar-refractivity contribution in [2.75, 3.05) is 5.73 Å². The zero-order valence-electron chi connectivity index (χ0n) is 11.1. The van der Waals surface area contributed by atoms with Crippen molar-refractivity contribution in [3.05, 3.63) is 24.1 Å². The van der Waals surface area contributed by atoms with E-state index in [-0.39, 0.29) is 24.3 Å². The highest BCUT2D eigenvalue weighted by molar-refractivity contribution is 5.97. The fraction of sp³-hybridized carbons (Fsp3) is 0.357. The Morgan fingerprint density at radius 2 is 2.05 bits per heavy atom. The van der Waals surface area contributed by atoms with Crippen molar-refractivity contribution >= 4 is 28.6 Å². The first kappa shape index (κ1) is 12.7. The van der Waals surface area contributed by atoms with E-state index in [0.29, 0.717) is 35.5 Å². The van der Waals surface area contributed by atoms with Crippen LogP contribution in [0.1, 0.15) is 25.7 Å². The number of anilines is 1. The van der Waals surface area contributed by atoms with Crippen molar-refractivity contribution in [3.63, 3.8) is 0 Å². The first-order valence-corrected chi connectivity index (χ1v) is 6.51. The number of oxazole rings is 1. The maximum absolute atomic E-state index is 11.9. The maximum atomic E-state index is 11.9. The third kappa shape index (κ3) is 2.24. The van der Waals surface area contributed by atoms with Gasteiger partial charge in [0, 0.05) is 18.5 Å². The highest BCUT2D eigenvalue weighted by atomic mass is 16.3. The fourth-order valence-corrected chi connectivity index (χ4v) is 2.40. The van der Waals surface area contributed by atoms with E-state index < -0.39 is 0 Å². The normalized spacial score (nSPS) is 17.1. The summed E-state index contributed by atoms with van der Waals surface area (Å²) in [6.07, 6.45) is 0.776. The van der Waals surface area contributed by atoms with Crippen LogP contribution in [0.3, 0.4) is 0 Å². The van der Waals surface area contributed by atoms with Crippen LogP contribution in [0.5, 0.6) is 0 Å². The molecule has 0 spiro atoms. The van der Waals surface area contributed by atoms with Crippen LogP contribution in [0, 0.1) is 5.92 Å². The number of rotatable bonds is 2. The number of aromatic nitrogens is 1. The summed E-state index contributed by atoms with van der Waals surface area (Å²) in [6, 6.07) is 5.14. The van der Waals surface area contributed by atoms with Gasteiger partial charge in [0.1, 0.15) is 12.1 Å². The highest BCUT2D eigenvalue weighted by Crippen LogP contribution is 2.23. The van der Waals surface area contributed by atoms with Gasteiger partial charge in [-0.1, -0.05) is 6.92 Å². The van der Waals surface area contributed by atoms with E-state index in [1.54, 1.807) is 18.2 Å². The van der Waals surface area contributed by atoms with Crippen molar-refractivity contribution in [2.24, 2.45) is 5.92 Å². The number of imide groups is 1. The van der Waals surface area contributed by atoms with Crippen LogP contribution in [0.25, 0.3) is 11.1 Å². The highest BCUT2D eigenvalue weighted by Gasteiger charge is 2.31. The molecule has 0 saturated carbocycles. The predicted octanol–water partition coefficient (Wildman–Crippen LogP) is 1.70. The van der Waals surface area contributed by atoms with Crippen LogP contribution in [0.2, 0.25) is 0 Å². The molecule has 1 aromatic carbocycles. The van der Waals surface area contributed by atoms with E-state index in [2.05, 4.69) is 4.98 Å². The van der Waals surface area contributed by atoms with Crippen molar-refractivity contribution in [1.29, 1.82) is 0 Å². The predicted molar refractivity (Wildman–Crippen MR) is 72.4 cm³/mol. The first-order chi connectivity index (χ1) is 9.52. The van der Waals surface area contributed by atoms with Gasteiger partial charge in [-0.15, -0.1) is 0 Å². The van der Waals surface area contributed by atoms with Crippen LogP contribution < -0.4 is 5.73 Å². The quantitative estimate of drug-likeness (QED) is 0.664. The molecule has 2 aromatic rings. The van der Waals surface area contributed by atoms with E-state index in [9.17, 15) is 9.59 Å². The summed E-state index contributed by atoms with van der Waals surface area (Å²) in [5, 5.41) is 0. The lowest BCUT2D eigenvalue weighted by molar-refractivity contribution is -0.150. The molecule has 1 aromatic heterocycles. The Kier molecular flexibility index (Phi) is 2.93. The van der Waals surface area contributed by atoms with Gasteiger partial charge in [0.05, 0.1) is 0 Å². The second-order valence-corrected chi connectivity index (χ2v) is 5.22. The zero-order chi connectivity index (χ0) is 14.3. The van der Waals surface area contributed by atoms with Gasteiger partial charge in [0.15, 0.2) is 5.58 Å². The fourth-order valence-electron chi connectivity index (χ4n) is 2.40. The summed E-state index contributed by atoms with van der Waals surface area (Å²) in [7, 11) is 0. The van der Waals surface area contributed by atoms with Gasteiger partial charge in [-0.25, -0.2) is 4.98 Å². The molecular weight excluding hydrogens is 258 g/mol. The summed E-state index contributed by atoms with van der Waals surface area (Å²) < 4.78 is 5.54. The van der Waals surface area contributed by atoms with Gasteiger partial charge in [0.2, 0.25) is 17.7 Å². The molecule has 2 amide bonds. The van der Waals surface area contributed by atoms with E-state index in [4.69, 9.17) is 10.2 Å². The number of hydrogen-bond donors (Lipinski definition) is 1. The SMILES string of the molecule is CC1CC(=O)N(Cc2nc3cc(N)ccc3o2)C(=O)C1. The lowest BCUT2D eigenvalue weighted by Gasteiger charge is -2.27. The van der Waals surface area contributed by atoms with Crippen molar-refractivity contribution in [3.8, 4) is 0 Å². The lowest BCUT2D eigenvalue weighted by Crippen LogP contribution is -2.42. The Hall–Kier alpha value is -2.37. The summed E-state index contributed by atoms with van der Waals surface area (Å²) in [6.45, 7) is 1.98. The molecule has 1 saturated heterocycles. The third-order valence-corrected chi connectivity index (χ3v) is 3.40. The molecule has 3 rings (SSSR count). The molecule has 0 radical (unpaired) electrons. The van der Waals surface area contributed by atoms with E-state index in [1.807, 2.05) is 6.92 Å². The van der Waals surface area contributed by atoms with E-state index in [1.165, 1.54) is 4.90 Å². The Balaban J connectivity index is 1.85. The number of hydrogen-bond acceptors (Lipinski definition) is 5. The number of likely N-dealkylation sites (tertiary alicyclic amines) is 1. The number of nitrogens with two attached hydrogens (primary N) is 1. The largest absolute Gasteiger partial charge is 0.439 e. The number of carbonyl (C=O) groups is 2. The monoisotopic (exact) mass is 273 g/mol. The molecule has 20 heavy (non-hydrogen) atoms. The average Bonchev–Trinajstić information content (AvgIpc) is 2.75. The number of carbonyl (C=O) groups excluding carboxylic acids is 2. The minimum atomic E-state index is -0.171. The van der Waals surface area contributed by atoms with Crippen LogP contribution >= 0.6 is 0 Å². The number of amides is 2. The summed E-state index contributed by atoms with van der Waals surface area (Å²) in [5.41, 5.74) is 7.50. The molecule has 0 aliphatic carbocycles. The van der Waals surface area contributed by atoms with Crippen molar-refractivity contribution < 1.29 is 14.0 Å². The van der Waals surface area contributed by atoms with Gasteiger partial charge in [-0.3, -0.25) is 14.5 Å². The summed E-state index contributed by atoms with van der Waals surface area (Å²) in [4.78, 5) is 29.3. The zero-order valence-corrected chi connectivity index (χ0v) is 11.1. The number of piperidine rings is 1. The van der Waals surface area contributed by atoms with Crippen LogP contribution in [0.4, 0.5) is 5.69 Å². The Morgan fingerprint density at radius 1 is 1.35 bits per heavy atom. The molecule has 6 heteroatoms. The van der Waals surface area contributed by atoms with Crippen LogP contribution in [-0.4, -0.2) is 21.7 Å². The van der Waals surface area contributed by atoms with Gasteiger partial charge in [0.25, 0.3) is 0 Å². The van der Waals surface area contributed by atoms with Crippen molar-refractivity contribution in [1.82, 2.24) is 9.88 Å². The first-order valence-electron chi connectivity index (χ1n) is 6.51. The van der Waals surface area contributed by atoms with Crippen molar-refractivity contribution in [2.45, 2.75) is 26.3 Å². The molecule has 104 valence electrons. The van der Waals surface area contributed by atoms with E-state index >= 15 is 0 Å². The molecule has 1 fully saturated rings. The van der Waals surface area contributed by atoms with Gasteiger partial charge >= 0.3 is 0 Å². The number of fused-ring (bicyclic) bond motifs is 1. The lowest BCUT2D eigenvalue weighted by atomic mass is 9.98. The molecular formula is C14H15N3O3. The third-order valence-electron chi connectivity index (χ3n) is 3.40.